The lowest BCUT2D eigenvalue weighted by atomic mass is 10.0. The van der Waals surface area contributed by atoms with Crippen LogP contribution in [-0.4, -0.2) is 44.3 Å². The molecule has 1 saturated heterocycles. The summed E-state index contributed by atoms with van der Waals surface area (Å²) in [6.07, 6.45) is -11.3. The van der Waals surface area contributed by atoms with Crippen LogP contribution in [0.2, 0.25) is 0 Å². The van der Waals surface area contributed by atoms with Gasteiger partial charge in [-0.2, -0.15) is 26.3 Å². The predicted octanol–water partition coefficient (Wildman–Crippen LogP) is 4.08. The number of halogens is 10. The highest BCUT2D eigenvalue weighted by Gasteiger charge is 2.89. The minimum atomic E-state index is -5.92. The molecule has 1 aliphatic rings. The van der Waals surface area contributed by atoms with Crippen molar-refractivity contribution in [3.63, 3.8) is 0 Å². The van der Waals surface area contributed by atoms with Crippen molar-refractivity contribution in [2.75, 3.05) is 20.5 Å². The first-order chi connectivity index (χ1) is 8.43. The van der Waals surface area contributed by atoms with Crippen molar-refractivity contribution < 1.29 is 48.6 Å². The molecule has 0 aliphatic carbocycles. The number of hydrogen-bond acceptors (Lipinski definition) is 1. The first-order valence-corrected chi connectivity index (χ1v) is 4.45. The van der Waals surface area contributed by atoms with E-state index in [2.05, 4.69) is 4.74 Å². The molecule has 1 heterocycles. The van der Waals surface area contributed by atoms with E-state index >= 15 is 0 Å². The van der Waals surface area contributed by atoms with Crippen molar-refractivity contribution in [2.45, 2.75) is 30.7 Å². The topological polar surface area (TPSA) is 9.23 Å². The van der Waals surface area contributed by atoms with Crippen LogP contribution in [0.15, 0.2) is 0 Å². The van der Waals surface area contributed by atoms with Crippen LogP contribution in [0.4, 0.5) is 43.9 Å². The van der Waals surface area contributed by atoms with Crippen LogP contribution in [-0.2, 0) is 4.74 Å². The van der Waals surface area contributed by atoms with Crippen molar-refractivity contribution in [2.24, 2.45) is 0 Å². The summed E-state index contributed by atoms with van der Waals surface area (Å²) in [5.74, 6) is -5.92. The molecule has 1 nitrogen and oxygen atoms in total. The fourth-order valence-electron chi connectivity index (χ4n) is 0.881. The van der Waals surface area contributed by atoms with E-state index in [1.807, 2.05) is 0 Å². The second-order valence-corrected chi connectivity index (χ2v) is 2.91. The Kier molecular flexibility index (Phi) is 7.17. The number of alkyl halides is 10. The third-order valence-corrected chi connectivity index (χ3v) is 1.77. The Balaban J connectivity index is 0. The molecule has 19 heavy (non-hydrogen) atoms. The zero-order valence-electron chi connectivity index (χ0n) is 9.60. The van der Waals surface area contributed by atoms with E-state index in [1.54, 1.807) is 0 Å². The van der Waals surface area contributed by atoms with Crippen molar-refractivity contribution >= 4 is 0 Å². The predicted molar refractivity (Wildman–Crippen MR) is 44.4 cm³/mol. The van der Waals surface area contributed by atoms with Gasteiger partial charge in [0.15, 0.2) is 0 Å². The second-order valence-electron chi connectivity index (χ2n) is 2.91. The van der Waals surface area contributed by atoms with Crippen LogP contribution >= 0.6 is 0 Å². The minimum absolute atomic E-state index is 0.250. The largest absolute Gasteiger partial charge is 0.427 e. The number of ether oxygens (including phenoxy) is 1. The molecule has 0 saturated carbocycles. The quantitative estimate of drug-likeness (QED) is 0.663. The molecule has 0 aromatic carbocycles. The Morgan fingerprint density at radius 3 is 1.21 bits per heavy atom. The highest BCUT2D eigenvalue weighted by Crippen LogP contribution is 2.60. The van der Waals surface area contributed by atoms with Crippen molar-refractivity contribution in [3.8, 4) is 0 Å². The fourth-order valence-corrected chi connectivity index (χ4v) is 0.881. The summed E-state index contributed by atoms with van der Waals surface area (Å²) in [4.78, 5) is 0. The molecule has 1 atom stereocenters. The van der Waals surface area contributed by atoms with Gasteiger partial charge in [-0.05, 0) is 6.92 Å². The average Bonchev–Trinajstić information content (AvgIpc) is 2.38. The zero-order valence-corrected chi connectivity index (χ0v) is 9.60. The van der Waals surface area contributed by atoms with Gasteiger partial charge < -0.3 is 0 Å². The average molecular weight is 312 g/mol. The molecule has 0 amide bonds. The van der Waals surface area contributed by atoms with Gasteiger partial charge in [0.1, 0.15) is 6.67 Å². The Bertz CT molecular complexity index is 268. The molecule has 0 N–H and O–H groups in total. The lowest BCUT2D eigenvalue weighted by Gasteiger charge is -2.25. The molecule has 0 bridgehead atoms. The van der Waals surface area contributed by atoms with E-state index in [9.17, 15) is 43.9 Å². The highest BCUT2D eigenvalue weighted by molar-refractivity contribution is 5.10. The van der Waals surface area contributed by atoms with Gasteiger partial charge in [-0.15, -0.1) is 0 Å². The summed E-state index contributed by atoms with van der Waals surface area (Å²) in [6.45, 7) is -1.78. The lowest BCUT2D eigenvalue weighted by molar-refractivity contribution is -0.362. The van der Waals surface area contributed by atoms with E-state index in [1.165, 1.54) is 6.92 Å². The van der Waals surface area contributed by atoms with Crippen LogP contribution in [0.1, 0.15) is 6.92 Å². The Hall–Kier alpha value is -0.740. The van der Waals surface area contributed by atoms with Gasteiger partial charge in [-0.3, -0.25) is 8.78 Å². The first-order valence-electron chi connectivity index (χ1n) is 4.45. The maximum atomic E-state index is 12.6. The lowest BCUT2D eigenvalue weighted by Crippen LogP contribution is -2.56. The fraction of sp³-hybridized carbons (Fsp3) is 1.00. The SMILES string of the molecule is CCF.CF.FCC1(F)C(F)(F)OC(F)(F)C1(F)F. The monoisotopic (exact) mass is 312 g/mol. The van der Waals surface area contributed by atoms with Crippen LogP contribution in [0.3, 0.4) is 0 Å². The van der Waals surface area contributed by atoms with E-state index in [0.29, 0.717) is 7.18 Å². The van der Waals surface area contributed by atoms with Crippen LogP contribution < -0.4 is 0 Å². The van der Waals surface area contributed by atoms with Gasteiger partial charge in [-0.25, -0.2) is 13.5 Å². The molecule has 0 spiro atoms. The van der Waals surface area contributed by atoms with Gasteiger partial charge in [0.25, 0.3) is 5.67 Å². The molecule has 1 aliphatic heterocycles. The molecule has 0 radical (unpaired) electrons. The summed E-state index contributed by atoms with van der Waals surface area (Å²) in [5.41, 5.74) is -5.34. The Labute approximate surface area is 101 Å². The van der Waals surface area contributed by atoms with Crippen LogP contribution in [0.5, 0.6) is 0 Å². The smallest absolute Gasteiger partial charge is 0.255 e. The maximum absolute atomic E-state index is 12.6. The third-order valence-electron chi connectivity index (χ3n) is 1.77. The van der Waals surface area contributed by atoms with Gasteiger partial charge in [0, 0.05) is 0 Å². The molecule has 118 valence electrons. The molecule has 1 fully saturated rings. The number of hydrogen-bond donors (Lipinski definition) is 0. The van der Waals surface area contributed by atoms with E-state index in [4.69, 9.17) is 0 Å². The van der Waals surface area contributed by atoms with Gasteiger partial charge in [-0.1, -0.05) is 0 Å². The highest BCUT2D eigenvalue weighted by atomic mass is 19.3. The molecule has 0 aromatic heterocycles. The normalized spacial score (nSPS) is 29.7. The third kappa shape index (κ3) is 3.23. The Morgan fingerprint density at radius 1 is 0.789 bits per heavy atom. The van der Waals surface area contributed by atoms with E-state index in [0.717, 1.165) is 0 Å². The number of rotatable bonds is 1. The summed E-state index contributed by atoms with van der Waals surface area (Å²) in [6, 6.07) is 0. The van der Waals surface area contributed by atoms with Crippen molar-refractivity contribution in [1.82, 2.24) is 0 Å². The van der Waals surface area contributed by atoms with Gasteiger partial charge in [0.2, 0.25) is 0 Å². The van der Waals surface area contributed by atoms with Crippen LogP contribution in [0, 0.1) is 0 Å². The molecule has 0 aromatic rings. The summed E-state index contributed by atoms with van der Waals surface area (Å²) < 4.78 is 119. The molecular formula is C8H10F10O. The molecule has 11 heteroatoms. The summed E-state index contributed by atoms with van der Waals surface area (Å²) in [5, 5.41) is 0. The molecular weight excluding hydrogens is 302 g/mol. The molecule has 1 rings (SSSR count). The van der Waals surface area contributed by atoms with E-state index < -0.39 is 30.5 Å². The van der Waals surface area contributed by atoms with Gasteiger partial charge >= 0.3 is 18.1 Å². The van der Waals surface area contributed by atoms with Crippen LogP contribution in [0.25, 0.3) is 0 Å². The van der Waals surface area contributed by atoms with E-state index in [-0.39, 0.29) is 6.67 Å². The summed E-state index contributed by atoms with van der Waals surface area (Å²) >= 11 is 0. The standard InChI is InChI=1S/C5H2F8O.C2H5F.CH3F/c6-1-2(7)3(8,9)5(12,13)14-4(2,10)11;1-2-3;1-2/h1H2;2H2,1H3;1H3. The molecule has 1 unspecified atom stereocenters. The Morgan fingerprint density at radius 2 is 1.11 bits per heavy atom. The van der Waals surface area contributed by atoms with Crippen molar-refractivity contribution in [1.29, 1.82) is 0 Å². The van der Waals surface area contributed by atoms with Crippen molar-refractivity contribution in [3.05, 3.63) is 0 Å². The van der Waals surface area contributed by atoms with Gasteiger partial charge in [0.05, 0.1) is 13.9 Å². The minimum Gasteiger partial charge on any atom is -0.255 e. The maximum Gasteiger partial charge on any atom is 0.427 e. The first kappa shape index (κ1) is 20.6. The zero-order chi connectivity index (χ0) is 16.1. The second kappa shape index (κ2) is 6.62. The summed E-state index contributed by atoms with van der Waals surface area (Å²) in [7, 11) is 0.500.